The molecule has 0 bridgehead atoms. The van der Waals surface area contributed by atoms with E-state index in [2.05, 4.69) is 16.8 Å². The molecule has 1 unspecified atom stereocenters. The summed E-state index contributed by atoms with van der Waals surface area (Å²) in [6, 6.07) is 0. The molecule has 2 saturated heterocycles. The van der Waals surface area contributed by atoms with Gasteiger partial charge in [-0.05, 0) is 11.8 Å². The summed E-state index contributed by atoms with van der Waals surface area (Å²) in [6.07, 6.45) is 1.61. The number of aliphatic hydroxyl groups is 1. The van der Waals surface area contributed by atoms with E-state index in [9.17, 15) is 14.7 Å². The molecule has 2 amide bonds. The molecule has 0 aromatic heterocycles. The number of hydrogen-bond acceptors (Lipinski definition) is 7. The van der Waals surface area contributed by atoms with Crippen molar-refractivity contribution in [3.63, 3.8) is 0 Å². The standard InChI is InChI=1S/C10H12N4O3S2/c1-3-4-14-6(15)5-18-10(14)12-11-9-13(2)7(16)8(17)19-9/h3,8,17H,1,4-5H2,2H3/b11-9+,12-10+. The van der Waals surface area contributed by atoms with Gasteiger partial charge in [-0.1, -0.05) is 17.8 Å². The Bertz CT molecular complexity index is 491. The number of aliphatic hydroxyl groups excluding tert-OH is 1. The molecule has 7 nitrogen and oxygen atoms in total. The van der Waals surface area contributed by atoms with Gasteiger partial charge in [0.25, 0.3) is 5.91 Å². The van der Waals surface area contributed by atoms with Gasteiger partial charge in [-0.15, -0.1) is 16.8 Å². The SMILES string of the molecule is C=CCN1C(=O)CS/C1=N/N=C1/SC(O)C(=O)N1C. The van der Waals surface area contributed by atoms with Crippen LogP contribution in [0.5, 0.6) is 0 Å². The normalized spacial score (nSPS) is 28.0. The van der Waals surface area contributed by atoms with Crippen LogP contribution < -0.4 is 0 Å². The molecule has 0 saturated carbocycles. The van der Waals surface area contributed by atoms with Gasteiger partial charge in [0.1, 0.15) is 0 Å². The van der Waals surface area contributed by atoms with E-state index in [1.165, 1.54) is 28.6 Å². The van der Waals surface area contributed by atoms with Crippen molar-refractivity contribution >= 4 is 45.7 Å². The Labute approximate surface area is 118 Å². The maximum atomic E-state index is 11.6. The minimum Gasteiger partial charge on any atom is -0.373 e. The first-order valence-electron chi connectivity index (χ1n) is 5.36. The topological polar surface area (TPSA) is 85.6 Å². The number of carbonyl (C=O) groups excluding carboxylic acids is 2. The zero-order chi connectivity index (χ0) is 14.0. The van der Waals surface area contributed by atoms with Crippen molar-refractivity contribution in [2.45, 2.75) is 5.44 Å². The molecule has 0 aromatic carbocycles. The van der Waals surface area contributed by atoms with Crippen LogP contribution in [0.15, 0.2) is 22.9 Å². The highest BCUT2D eigenvalue weighted by molar-refractivity contribution is 8.15. The summed E-state index contributed by atoms with van der Waals surface area (Å²) in [5.41, 5.74) is -1.13. The fourth-order valence-corrected chi connectivity index (χ4v) is 3.08. The van der Waals surface area contributed by atoms with Crippen LogP contribution in [0, 0.1) is 0 Å². The monoisotopic (exact) mass is 300 g/mol. The van der Waals surface area contributed by atoms with Crippen molar-refractivity contribution < 1.29 is 14.7 Å². The smallest absolute Gasteiger partial charge is 0.268 e. The number of thioether (sulfide) groups is 2. The number of nitrogens with zero attached hydrogens (tertiary/aromatic N) is 4. The molecule has 2 rings (SSSR count). The summed E-state index contributed by atoms with van der Waals surface area (Å²) in [5, 5.41) is 18.0. The third-order valence-electron chi connectivity index (χ3n) is 2.44. The molecular formula is C10H12N4O3S2. The molecule has 19 heavy (non-hydrogen) atoms. The molecule has 2 heterocycles. The first-order valence-corrected chi connectivity index (χ1v) is 7.23. The van der Waals surface area contributed by atoms with Crippen LogP contribution in [-0.2, 0) is 9.59 Å². The van der Waals surface area contributed by atoms with Crippen LogP contribution in [0.3, 0.4) is 0 Å². The fourth-order valence-electron chi connectivity index (χ4n) is 1.45. The van der Waals surface area contributed by atoms with E-state index in [1.807, 2.05) is 0 Å². The van der Waals surface area contributed by atoms with Crippen molar-refractivity contribution in [3.05, 3.63) is 12.7 Å². The second kappa shape index (κ2) is 5.76. The van der Waals surface area contributed by atoms with Crippen LogP contribution >= 0.6 is 23.5 Å². The lowest BCUT2D eigenvalue weighted by molar-refractivity contribution is -0.130. The van der Waals surface area contributed by atoms with Crippen LogP contribution in [0.2, 0.25) is 0 Å². The molecule has 2 aliphatic rings. The molecule has 0 aliphatic carbocycles. The summed E-state index contributed by atoms with van der Waals surface area (Å²) < 4.78 is 0. The minimum absolute atomic E-state index is 0.0487. The van der Waals surface area contributed by atoms with Gasteiger partial charge in [0, 0.05) is 13.6 Å². The van der Waals surface area contributed by atoms with Crippen LogP contribution in [-0.4, -0.2) is 61.8 Å². The quantitative estimate of drug-likeness (QED) is 0.581. The van der Waals surface area contributed by atoms with E-state index in [1.54, 1.807) is 6.08 Å². The highest BCUT2D eigenvalue weighted by atomic mass is 32.2. The summed E-state index contributed by atoms with van der Waals surface area (Å²) in [6.45, 7) is 3.95. The summed E-state index contributed by atoms with van der Waals surface area (Å²) >= 11 is 2.20. The maximum Gasteiger partial charge on any atom is 0.268 e. The van der Waals surface area contributed by atoms with Gasteiger partial charge in [-0.3, -0.25) is 19.4 Å². The van der Waals surface area contributed by atoms with Gasteiger partial charge in [0.05, 0.1) is 5.75 Å². The highest BCUT2D eigenvalue weighted by Crippen LogP contribution is 2.25. The van der Waals surface area contributed by atoms with Crippen molar-refractivity contribution in [3.8, 4) is 0 Å². The average Bonchev–Trinajstić information content (AvgIpc) is 2.85. The first-order chi connectivity index (χ1) is 9.04. The van der Waals surface area contributed by atoms with Crippen LogP contribution in [0.4, 0.5) is 0 Å². The second-order valence-electron chi connectivity index (χ2n) is 3.71. The molecule has 0 radical (unpaired) electrons. The number of amidine groups is 2. The Hall–Kier alpha value is -1.32. The Morgan fingerprint density at radius 2 is 2.16 bits per heavy atom. The van der Waals surface area contributed by atoms with Crippen molar-refractivity contribution in [1.29, 1.82) is 0 Å². The van der Waals surface area contributed by atoms with Gasteiger partial charge in [-0.2, -0.15) is 0 Å². The number of hydrogen-bond donors (Lipinski definition) is 1. The third-order valence-corrected chi connectivity index (χ3v) is 4.38. The summed E-state index contributed by atoms with van der Waals surface area (Å²) in [5.74, 6) is -0.156. The number of carbonyl (C=O) groups is 2. The molecule has 0 aromatic rings. The van der Waals surface area contributed by atoms with Gasteiger partial charge in [0.15, 0.2) is 15.8 Å². The number of likely N-dealkylation sites (N-methyl/N-ethyl adjacent to an activating group) is 1. The van der Waals surface area contributed by atoms with E-state index >= 15 is 0 Å². The zero-order valence-corrected chi connectivity index (χ0v) is 11.8. The van der Waals surface area contributed by atoms with E-state index in [0.717, 1.165) is 11.8 Å². The Balaban J connectivity index is 2.16. The predicted molar refractivity (Wildman–Crippen MR) is 75.6 cm³/mol. The molecule has 1 atom stereocenters. The largest absolute Gasteiger partial charge is 0.373 e. The lowest BCUT2D eigenvalue weighted by Crippen LogP contribution is -2.30. The van der Waals surface area contributed by atoms with Crippen molar-refractivity contribution in [1.82, 2.24) is 9.80 Å². The Morgan fingerprint density at radius 1 is 1.47 bits per heavy atom. The van der Waals surface area contributed by atoms with Crippen LogP contribution in [0.25, 0.3) is 0 Å². The lowest BCUT2D eigenvalue weighted by Gasteiger charge is -2.12. The van der Waals surface area contributed by atoms with E-state index in [0.29, 0.717) is 22.6 Å². The third kappa shape index (κ3) is 2.82. The number of rotatable bonds is 3. The van der Waals surface area contributed by atoms with Crippen LogP contribution in [0.1, 0.15) is 0 Å². The van der Waals surface area contributed by atoms with E-state index in [-0.39, 0.29) is 5.91 Å². The van der Waals surface area contributed by atoms with E-state index in [4.69, 9.17) is 0 Å². The van der Waals surface area contributed by atoms with Crippen molar-refractivity contribution in [2.24, 2.45) is 10.2 Å². The first kappa shape index (κ1) is 14.1. The minimum atomic E-state index is -1.13. The number of amides is 2. The maximum absolute atomic E-state index is 11.6. The molecule has 2 fully saturated rings. The Morgan fingerprint density at radius 3 is 2.74 bits per heavy atom. The zero-order valence-electron chi connectivity index (χ0n) is 10.1. The summed E-state index contributed by atoms with van der Waals surface area (Å²) in [7, 11) is 1.51. The highest BCUT2D eigenvalue weighted by Gasteiger charge is 2.34. The Kier molecular flexibility index (Phi) is 4.27. The molecular weight excluding hydrogens is 288 g/mol. The van der Waals surface area contributed by atoms with Crippen molar-refractivity contribution in [2.75, 3.05) is 19.3 Å². The van der Waals surface area contributed by atoms with Gasteiger partial charge in [-0.25, -0.2) is 0 Å². The van der Waals surface area contributed by atoms with Gasteiger partial charge < -0.3 is 5.11 Å². The summed E-state index contributed by atoms with van der Waals surface area (Å²) in [4.78, 5) is 25.6. The fraction of sp³-hybridized carbons (Fsp3) is 0.400. The molecule has 0 spiro atoms. The molecule has 9 heteroatoms. The lowest BCUT2D eigenvalue weighted by atomic mass is 10.5. The average molecular weight is 300 g/mol. The van der Waals surface area contributed by atoms with Gasteiger partial charge in [0.2, 0.25) is 5.91 Å². The molecule has 102 valence electrons. The molecule has 2 aliphatic heterocycles. The molecule has 1 N–H and O–H groups in total. The predicted octanol–water partition coefficient (Wildman–Crippen LogP) is -0.102. The van der Waals surface area contributed by atoms with E-state index < -0.39 is 11.3 Å². The second-order valence-corrected chi connectivity index (χ2v) is 5.70. The van der Waals surface area contributed by atoms with Gasteiger partial charge >= 0.3 is 0 Å².